The van der Waals surface area contributed by atoms with Crippen LogP contribution in [0.2, 0.25) is 0 Å². The van der Waals surface area contributed by atoms with E-state index in [1.54, 1.807) is 13.0 Å². The average Bonchev–Trinajstić information content (AvgIpc) is 2.96. The van der Waals surface area contributed by atoms with Gasteiger partial charge >= 0.3 is 118 Å². The van der Waals surface area contributed by atoms with Crippen LogP contribution in [0.25, 0.3) is 0 Å². The van der Waals surface area contributed by atoms with Gasteiger partial charge in [-0.25, -0.2) is 0 Å². The van der Waals surface area contributed by atoms with Crippen LogP contribution >= 0.6 is 0 Å². The fraction of sp³-hybridized carbons (Fsp3) is 0.200. The Bertz CT molecular complexity index is 574. The molecule has 0 radical (unpaired) electrons. The first-order valence-corrected chi connectivity index (χ1v) is 7.02. The Morgan fingerprint density at radius 3 is 2.58 bits per heavy atom. The van der Waals surface area contributed by atoms with Crippen molar-refractivity contribution >= 4 is 11.8 Å². The van der Waals surface area contributed by atoms with Gasteiger partial charge in [-0.3, -0.25) is 0 Å². The van der Waals surface area contributed by atoms with Crippen LogP contribution in [0.15, 0.2) is 56.5 Å². The molecule has 2 aliphatic rings. The van der Waals surface area contributed by atoms with Crippen LogP contribution < -0.4 is 0 Å². The zero-order valence-electron chi connectivity index (χ0n) is 10.5. The fourth-order valence-corrected chi connectivity index (χ4v) is 3.54. The van der Waals surface area contributed by atoms with Crippen molar-refractivity contribution in [2.24, 2.45) is 0 Å². The summed E-state index contributed by atoms with van der Waals surface area (Å²) < 4.78 is 2.31. The molecule has 1 N–H and O–H groups in total. The monoisotopic (exact) mass is 298 g/mol. The van der Waals surface area contributed by atoms with Gasteiger partial charge in [0.15, 0.2) is 0 Å². The Balaban J connectivity index is 2.19. The number of hydrogen-bond acceptors (Lipinski definition) is 2. The van der Waals surface area contributed by atoms with E-state index in [9.17, 15) is 9.59 Å². The van der Waals surface area contributed by atoms with Gasteiger partial charge in [0.05, 0.1) is 0 Å². The molecule has 0 aliphatic heterocycles. The van der Waals surface area contributed by atoms with Gasteiger partial charge in [0.2, 0.25) is 0 Å². The molecule has 0 bridgehead atoms. The van der Waals surface area contributed by atoms with Crippen molar-refractivity contribution < 1.29 is 29.7 Å². The van der Waals surface area contributed by atoms with Gasteiger partial charge in [-0.05, 0) is 0 Å². The van der Waals surface area contributed by atoms with E-state index in [0.29, 0.717) is 0 Å². The van der Waals surface area contributed by atoms with Crippen LogP contribution in [0.3, 0.4) is 0 Å². The summed E-state index contributed by atoms with van der Waals surface area (Å²) in [7, 11) is 0. The van der Waals surface area contributed by atoms with E-state index in [4.69, 9.17) is 5.11 Å². The van der Waals surface area contributed by atoms with Gasteiger partial charge < -0.3 is 0 Å². The van der Waals surface area contributed by atoms with Crippen LogP contribution in [0.4, 0.5) is 0 Å². The SMILES string of the molecule is CC(=O)C1=[C]([Fe][C]2=C(C=CC(=O)O)C=CC2)CC=C1. The molecule has 0 aromatic carbocycles. The van der Waals surface area contributed by atoms with Crippen LogP contribution in [0.5, 0.6) is 0 Å². The summed E-state index contributed by atoms with van der Waals surface area (Å²) >= 11 is 0.744. The van der Waals surface area contributed by atoms with Crippen LogP contribution in [-0.4, -0.2) is 16.9 Å². The summed E-state index contributed by atoms with van der Waals surface area (Å²) in [6, 6.07) is 0. The predicted octanol–water partition coefficient (Wildman–Crippen LogP) is 2.73. The van der Waals surface area contributed by atoms with Gasteiger partial charge in [-0.1, -0.05) is 0 Å². The van der Waals surface area contributed by atoms with E-state index in [1.165, 1.54) is 4.47 Å². The Morgan fingerprint density at radius 2 is 1.89 bits per heavy atom. The molecule has 0 unspecified atom stereocenters. The number of allylic oxidation sites excluding steroid dienone is 9. The molecule has 4 heteroatoms. The van der Waals surface area contributed by atoms with Crippen molar-refractivity contribution in [3.05, 3.63) is 56.5 Å². The number of Topliss-reactive ketones (excluding diaryl/α,β-unsaturated/α-hetero) is 1. The van der Waals surface area contributed by atoms with Crippen molar-refractivity contribution in [1.29, 1.82) is 0 Å². The first-order chi connectivity index (χ1) is 9.08. The first kappa shape index (κ1) is 13.8. The topological polar surface area (TPSA) is 54.4 Å². The second-order valence-electron chi connectivity index (χ2n) is 4.18. The predicted molar refractivity (Wildman–Crippen MR) is 69.0 cm³/mol. The van der Waals surface area contributed by atoms with E-state index in [-0.39, 0.29) is 5.78 Å². The summed E-state index contributed by atoms with van der Waals surface area (Å²) in [6.07, 6.45) is 12.3. The summed E-state index contributed by atoms with van der Waals surface area (Å²) in [6.45, 7) is 1.58. The molecule has 0 aromatic rings. The van der Waals surface area contributed by atoms with Crippen molar-refractivity contribution in [2.75, 3.05) is 0 Å². The molecule has 0 spiro atoms. The van der Waals surface area contributed by atoms with E-state index in [2.05, 4.69) is 0 Å². The van der Waals surface area contributed by atoms with Gasteiger partial charge in [-0.2, -0.15) is 0 Å². The minimum absolute atomic E-state index is 0.0953. The normalized spacial score (nSPS) is 18.4. The first-order valence-electron chi connectivity index (χ1n) is 5.91. The van der Waals surface area contributed by atoms with E-state index in [0.717, 1.165) is 49.5 Å². The summed E-state index contributed by atoms with van der Waals surface area (Å²) in [5.41, 5.74) is 1.76. The van der Waals surface area contributed by atoms with Crippen molar-refractivity contribution in [3.63, 3.8) is 0 Å². The third-order valence-corrected chi connectivity index (χ3v) is 4.49. The van der Waals surface area contributed by atoms with Gasteiger partial charge in [-0.15, -0.1) is 0 Å². The van der Waals surface area contributed by atoms with Crippen molar-refractivity contribution in [3.8, 4) is 0 Å². The van der Waals surface area contributed by atoms with Crippen molar-refractivity contribution in [2.45, 2.75) is 19.8 Å². The number of carboxylic acid groups (broad SMARTS) is 1. The Morgan fingerprint density at radius 1 is 1.21 bits per heavy atom. The van der Waals surface area contributed by atoms with E-state index >= 15 is 0 Å². The summed E-state index contributed by atoms with van der Waals surface area (Å²) in [5.74, 6) is -0.851. The molecule has 0 heterocycles. The summed E-state index contributed by atoms with van der Waals surface area (Å²) in [5, 5.41) is 8.66. The number of carbonyl (C=O) groups is 2. The Labute approximate surface area is 118 Å². The van der Waals surface area contributed by atoms with E-state index < -0.39 is 5.97 Å². The second-order valence-corrected chi connectivity index (χ2v) is 5.79. The van der Waals surface area contributed by atoms with Gasteiger partial charge in [0.1, 0.15) is 0 Å². The molecule has 0 amide bonds. The number of hydrogen-bond donors (Lipinski definition) is 1. The standard InChI is InChI=1S/C8H7O2.C7H7O.Fe/c9-8(10)6-5-7-3-1-2-4-7;1-6(8)7-4-2-3-5-7;/h1,3,5-6H,2H2,(H,9,10);2,4H,3H2,1H3;. The number of carboxylic acids is 1. The molecular formula is C15H14FeO3. The second kappa shape index (κ2) is 6.00. The molecule has 0 saturated heterocycles. The molecule has 2 rings (SSSR count). The quantitative estimate of drug-likeness (QED) is 0.627. The number of rotatable bonds is 5. The molecule has 19 heavy (non-hydrogen) atoms. The number of aliphatic carboxylic acids is 1. The zero-order chi connectivity index (χ0) is 13.8. The van der Waals surface area contributed by atoms with Crippen LogP contribution in [-0.2, 0) is 24.5 Å². The minimum atomic E-state index is -0.946. The maximum absolute atomic E-state index is 11.5. The van der Waals surface area contributed by atoms with Gasteiger partial charge in [0.25, 0.3) is 0 Å². The molecule has 3 nitrogen and oxygen atoms in total. The Hall–Kier alpha value is -1.64. The molecular weight excluding hydrogens is 284 g/mol. The average molecular weight is 298 g/mol. The third kappa shape index (κ3) is 3.43. The summed E-state index contributed by atoms with van der Waals surface area (Å²) in [4.78, 5) is 22.0. The molecule has 100 valence electrons. The molecule has 0 fully saturated rings. The number of carbonyl (C=O) groups excluding carboxylic acids is 1. The van der Waals surface area contributed by atoms with Crippen LogP contribution in [0, 0.1) is 0 Å². The number of ketones is 1. The van der Waals surface area contributed by atoms with Gasteiger partial charge in [0, 0.05) is 0 Å². The molecule has 2 aliphatic carbocycles. The molecule has 0 saturated carbocycles. The molecule has 0 aromatic heterocycles. The fourth-order valence-electron chi connectivity index (χ4n) is 1.88. The molecule has 0 atom stereocenters. The maximum atomic E-state index is 11.5. The van der Waals surface area contributed by atoms with Crippen molar-refractivity contribution in [1.82, 2.24) is 0 Å². The van der Waals surface area contributed by atoms with Crippen LogP contribution in [0.1, 0.15) is 19.8 Å². The Kier molecular flexibility index (Phi) is 4.35. The zero-order valence-corrected chi connectivity index (χ0v) is 11.6. The van der Waals surface area contributed by atoms with E-state index in [1.807, 2.05) is 24.3 Å². The third-order valence-electron chi connectivity index (χ3n) is 2.76.